The lowest BCUT2D eigenvalue weighted by Crippen LogP contribution is -2.50. The molecule has 1 aliphatic heterocycles. The van der Waals surface area contributed by atoms with Gasteiger partial charge >= 0.3 is 0 Å². The number of carbonyl (C=O) groups is 1. The number of aromatic nitrogens is 2. The van der Waals surface area contributed by atoms with Crippen LogP contribution < -0.4 is 5.56 Å². The molecule has 2 fully saturated rings. The first-order chi connectivity index (χ1) is 12.1. The molecule has 0 unspecified atom stereocenters. The van der Waals surface area contributed by atoms with Crippen LogP contribution in [0.15, 0.2) is 29.3 Å². The van der Waals surface area contributed by atoms with Gasteiger partial charge in [0, 0.05) is 32.7 Å². The standard InChI is InChI=1S/C19H24N4O2/c1-14-3-2-4-16-18(14)20-13-23(19(16)25)12-17(24)22-9-7-21(8-10-22)11-15-5-6-15/h2-4,13,15H,5-12H2,1H3. The second-order valence-corrected chi connectivity index (χ2v) is 7.27. The van der Waals surface area contributed by atoms with Gasteiger partial charge in [-0.3, -0.25) is 19.1 Å². The SMILES string of the molecule is Cc1cccc2c(=O)n(CC(=O)N3CCN(CC4CC4)CC3)cnc12. The maximum Gasteiger partial charge on any atom is 0.261 e. The first-order valence-corrected chi connectivity index (χ1v) is 9.07. The zero-order chi connectivity index (χ0) is 17.4. The summed E-state index contributed by atoms with van der Waals surface area (Å²) in [6.45, 7) is 6.55. The Hall–Kier alpha value is -2.21. The first-order valence-electron chi connectivity index (χ1n) is 9.07. The van der Waals surface area contributed by atoms with E-state index in [-0.39, 0.29) is 18.0 Å². The molecule has 2 heterocycles. The third-order valence-electron chi connectivity index (χ3n) is 5.30. The molecule has 0 atom stereocenters. The Kier molecular flexibility index (Phi) is 4.29. The number of amides is 1. The minimum Gasteiger partial charge on any atom is -0.339 e. The van der Waals surface area contributed by atoms with Crippen LogP contribution in [0.25, 0.3) is 10.9 Å². The summed E-state index contributed by atoms with van der Waals surface area (Å²) in [5.41, 5.74) is 1.54. The van der Waals surface area contributed by atoms with Crippen LogP contribution in [-0.4, -0.2) is 58.0 Å². The second kappa shape index (κ2) is 6.59. The summed E-state index contributed by atoms with van der Waals surface area (Å²) < 4.78 is 1.43. The van der Waals surface area contributed by atoms with Gasteiger partial charge in [-0.05, 0) is 37.3 Å². The Labute approximate surface area is 147 Å². The lowest BCUT2D eigenvalue weighted by atomic mass is 10.1. The van der Waals surface area contributed by atoms with Crippen molar-refractivity contribution < 1.29 is 4.79 Å². The van der Waals surface area contributed by atoms with E-state index in [9.17, 15) is 9.59 Å². The van der Waals surface area contributed by atoms with E-state index in [2.05, 4.69) is 9.88 Å². The normalized spacial score (nSPS) is 18.7. The number of hydrogen-bond acceptors (Lipinski definition) is 4. The summed E-state index contributed by atoms with van der Waals surface area (Å²) in [7, 11) is 0. The molecule has 6 nitrogen and oxygen atoms in total. The van der Waals surface area contributed by atoms with E-state index in [4.69, 9.17) is 0 Å². The van der Waals surface area contributed by atoms with Crippen LogP contribution in [0.1, 0.15) is 18.4 Å². The molecule has 1 amide bonds. The van der Waals surface area contributed by atoms with Crippen LogP contribution in [0.5, 0.6) is 0 Å². The van der Waals surface area contributed by atoms with Gasteiger partial charge in [0.1, 0.15) is 6.54 Å². The van der Waals surface area contributed by atoms with Gasteiger partial charge in [-0.15, -0.1) is 0 Å². The highest BCUT2D eigenvalue weighted by atomic mass is 16.2. The fourth-order valence-electron chi connectivity index (χ4n) is 3.54. The van der Waals surface area contributed by atoms with Gasteiger partial charge in [-0.2, -0.15) is 0 Å². The average Bonchev–Trinajstić information content (AvgIpc) is 3.42. The molecule has 1 aromatic heterocycles. The highest BCUT2D eigenvalue weighted by Gasteiger charge is 2.27. The van der Waals surface area contributed by atoms with E-state index in [1.54, 1.807) is 6.07 Å². The van der Waals surface area contributed by atoms with Crippen molar-refractivity contribution in [3.63, 3.8) is 0 Å². The number of carbonyl (C=O) groups excluding carboxylic acids is 1. The summed E-state index contributed by atoms with van der Waals surface area (Å²) in [6.07, 6.45) is 4.21. The Bertz CT molecular complexity index is 848. The van der Waals surface area contributed by atoms with Crippen LogP contribution in [0.2, 0.25) is 0 Å². The van der Waals surface area contributed by atoms with Gasteiger partial charge in [0.2, 0.25) is 5.91 Å². The van der Waals surface area contributed by atoms with Gasteiger partial charge in [0.05, 0.1) is 17.2 Å². The van der Waals surface area contributed by atoms with Crippen molar-refractivity contribution in [1.29, 1.82) is 0 Å². The molecule has 132 valence electrons. The fraction of sp³-hybridized carbons (Fsp3) is 0.526. The summed E-state index contributed by atoms with van der Waals surface area (Å²) >= 11 is 0. The molecule has 0 N–H and O–H groups in total. The molecule has 0 spiro atoms. The molecule has 1 saturated carbocycles. The third kappa shape index (κ3) is 3.44. The van der Waals surface area contributed by atoms with Crippen LogP contribution in [0, 0.1) is 12.8 Å². The highest BCUT2D eigenvalue weighted by molar-refractivity contribution is 5.81. The van der Waals surface area contributed by atoms with E-state index in [0.29, 0.717) is 10.9 Å². The molecule has 1 aromatic carbocycles. The molecule has 1 saturated heterocycles. The number of piperazine rings is 1. The van der Waals surface area contributed by atoms with Gasteiger partial charge in [-0.1, -0.05) is 12.1 Å². The highest BCUT2D eigenvalue weighted by Crippen LogP contribution is 2.29. The van der Waals surface area contributed by atoms with Crippen LogP contribution in [0.3, 0.4) is 0 Å². The molecule has 1 aliphatic carbocycles. The van der Waals surface area contributed by atoms with Crippen LogP contribution >= 0.6 is 0 Å². The van der Waals surface area contributed by atoms with E-state index in [0.717, 1.165) is 37.7 Å². The number of aryl methyl sites for hydroxylation is 1. The van der Waals surface area contributed by atoms with Gasteiger partial charge in [0.15, 0.2) is 0 Å². The van der Waals surface area contributed by atoms with Crippen LogP contribution in [-0.2, 0) is 11.3 Å². The molecular weight excluding hydrogens is 316 g/mol. The maximum absolute atomic E-state index is 12.6. The Morgan fingerprint density at radius 3 is 2.68 bits per heavy atom. The second-order valence-electron chi connectivity index (χ2n) is 7.27. The van der Waals surface area contributed by atoms with Crippen molar-refractivity contribution >= 4 is 16.8 Å². The number of hydrogen-bond donors (Lipinski definition) is 0. The summed E-state index contributed by atoms with van der Waals surface area (Å²) in [5, 5.41) is 0.574. The molecule has 25 heavy (non-hydrogen) atoms. The molecule has 0 radical (unpaired) electrons. The van der Waals surface area contributed by atoms with Crippen LogP contribution in [0.4, 0.5) is 0 Å². The average molecular weight is 340 g/mol. The van der Waals surface area contributed by atoms with Crippen molar-refractivity contribution in [2.24, 2.45) is 5.92 Å². The minimum atomic E-state index is -0.144. The predicted molar refractivity (Wildman–Crippen MR) is 96.5 cm³/mol. The molecule has 6 heteroatoms. The molecule has 2 aromatic rings. The Morgan fingerprint density at radius 2 is 1.96 bits per heavy atom. The fourth-order valence-corrected chi connectivity index (χ4v) is 3.54. The summed E-state index contributed by atoms with van der Waals surface area (Å²) in [6, 6.07) is 5.56. The topological polar surface area (TPSA) is 58.4 Å². The quantitative estimate of drug-likeness (QED) is 0.841. The van der Waals surface area contributed by atoms with Gasteiger partial charge < -0.3 is 4.90 Å². The Balaban J connectivity index is 1.43. The van der Waals surface area contributed by atoms with Crippen molar-refractivity contribution in [3.05, 3.63) is 40.4 Å². The first kappa shape index (κ1) is 16.3. The number of rotatable bonds is 4. The van der Waals surface area contributed by atoms with Gasteiger partial charge in [0.25, 0.3) is 5.56 Å². The predicted octanol–water partition coefficient (Wildman–Crippen LogP) is 1.26. The maximum atomic E-state index is 12.6. The van der Waals surface area contributed by atoms with E-state index in [1.165, 1.54) is 30.3 Å². The monoisotopic (exact) mass is 340 g/mol. The lowest BCUT2D eigenvalue weighted by molar-refractivity contribution is -0.133. The van der Waals surface area contributed by atoms with Crippen molar-refractivity contribution in [1.82, 2.24) is 19.4 Å². The van der Waals surface area contributed by atoms with Gasteiger partial charge in [-0.25, -0.2) is 4.98 Å². The zero-order valence-corrected chi connectivity index (χ0v) is 14.6. The van der Waals surface area contributed by atoms with Crippen molar-refractivity contribution in [2.45, 2.75) is 26.3 Å². The molecule has 0 bridgehead atoms. The lowest BCUT2D eigenvalue weighted by Gasteiger charge is -2.34. The van der Waals surface area contributed by atoms with E-state index < -0.39 is 0 Å². The van der Waals surface area contributed by atoms with E-state index in [1.807, 2.05) is 24.0 Å². The van der Waals surface area contributed by atoms with E-state index >= 15 is 0 Å². The number of nitrogens with zero attached hydrogens (tertiary/aromatic N) is 4. The molecule has 4 rings (SSSR count). The number of fused-ring (bicyclic) bond motifs is 1. The summed E-state index contributed by atoms with van der Waals surface area (Å²) in [4.78, 5) is 33.9. The smallest absolute Gasteiger partial charge is 0.261 e. The third-order valence-corrected chi connectivity index (χ3v) is 5.30. The largest absolute Gasteiger partial charge is 0.339 e. The molecule has 2 aliphatic rings. The van der Waals surface area contributed by atoms with Crippen molar-refractivity contribution in [3.8, 4) is 0 Å². The minimum absolute atomic E-state index is 0.00183. The summed E-state index contributed by atoms with van der Waals surface area (Å²) in [5.74, 6) is 0.884. The number of benzene rings is 1. The Morgan fingerprint density at radius 1 is 1.20 bits per heavy atom. The molecular formula is C19H24N4O2. The van der Waals surface area contributed by atoms with Crippen molar-refractivity contribution in [2.75, 3.05) is 32.7 Å². The number of para-hydroxylation sites is 1. The zero-order valence-electron chi connectivity index (χ0n) is 14.6.